The number of carbonyl (C=O) groups is 1. The maximum absolute atomic E-state index is 12.9. The maximum Gasteiger partial charge on any atom is 0.238 e. The molecule has 2 nitrogen and oxygen atoms in total. The van der Waals surface area contributed by atoms with Crippen LogP contribution in [-0.4, -0.2) is 11.9 Å². The van der Waals surface area contributed by atoms with E-state index in [0.717, 1.165) is 23.3 Å². The van der Waals surface area contributed by atoms with Gasteiger partial charge in [-0.2, -0.15) is 0 Å². The third kappa shape index (κ3) is 6.95. The number of nitrogens with one attached hydrogen (secondary N) is 1. The lowest BCUT2D eigenvalue weighted by atomic mass is 10.0. The molecule has 2 atom stereocenters. The van der Waals surface area contributed by atoms with Crippen LogP contribution in [0.4, 0.5) is 0 Å². The SMILES string of the molecule is CC(C)CCC[C@@H](C)NC(=O)[C@H](Sc1ccccc1)c1ccccc1. The lowest BCUT2D eigenvalue weighted by Crippen LogP contribution is -2.35. The summed E-state index contributed by atoms with van der Waals surface area (Å²) in [5.74, 6) is 0.811. The normalized spacial score (nSPS) is 13.4. The number of rotatable bonds is 9. The number of benzene rings is 2. The zero-order chi connectivity index (χ0) is 18.1. The minimum absolute atomic E-state index is 0.0945. The minimum atomic E-state index is -0.226. The number of thioether (sulfide) groups is 1. The quantitative estimate of drug-likeness (QED) is 0.572. The van der Waals surface area contributed by atoms with Gasteiger partial charge in [0.15, 0.2) is 0 Å². The van der Waals surface area contributed by atoms with Crippen LogP contribution in [0.15, 0.2) is 65.6 Å². The average Bonchev–Trinajstić information content (AvgIpc) is 2.61. The summed E-state index contributed by atoms with van der Waals surface area (Å²) in [5, 5.41) is 2.99. The monoisotopic (exact) mass is 355 g/mol. The molecule has 0 heterocycles. The van der Waals surface area contributed by atoms with E-state index in [9.17, 15) is 4.79 Å². The van der Waals surface area contributed by atoms with Gasteiger partial charge in [-0.05, 0) is 37.0 Å². The number of hydrogen-bond acceptors (Lipinski definition) is 2. The van der Waals surface area contributed by atoms with Crippen LogP contribution in [0.1, 0.15) is 50.8 Å². The van der Waals surface area contributed by atoms with Crippen LogP contribution in [0.2, 0.25) is 0 Å². The van der Waals surface area contributed by atoms with Crippen LogP contribution in [0.3, 0.4) is 0 Å². The second-order valence-corrected chi connectivity index (χ2v) is 8.13. The molecule has 0 aromatic heterocycles. The molecule has 0 aliphatic rings. The van der Waals surface area contributed by atoms with Gasteiger partial charge in [0.1, 0.15) is 5.25 Å². The highest BCUT2D eigenvalue weighted by Crippen LogP contribution is 2.35. The molecule has 0 bridgehead atoms. The highest BCUT2D eigenvalue weighted by molar-refractivity contribution is 8.00. The van der Waals surface area contributed by atoms with Gasteiger partial charge in [0.05, 0.1) is 0 Å². The average molecular weight is 356 g/mol. The molecule has 0 unspecified atom stereocenters. The van der Waals surface area contributed by atoms with Crippen molar-refractivity contribution in [3.05, 3.63) is 66.2 Å². The Kier molecular flexibility index (Phi) is 8.07. The number of amides is 1. The fourth-order valence-electron chi connectivity index (χ4n) is 2.76. The predicted octanol–water partition coefficient (Wildman–Crippen LogP) is 5.85. The molecule has 2 rings (SSSR count). The van der Waals surface area contributed by atoms with Gasteiger partial charge in [0, 0.05) is 10.9 Å². The molecule has 0 radical (unpaired) electrons. The highest BCUT2D eigenvalue weighted by atomic mass is 32.2. The Balaban J connectivity index is 2.03. The minimum Gasteiger partial charge on any atom is -0.352 e. The standard InChI is InChI=1S/C22H29NOS/c1-17(2)11-10-12-18(3)23-22(24)21(19-13-6-4-7-14-19)25-20-15-8-5-9-16-20/h4-9,13-18,21H,10-12H2,1-3H3,(H,23,24)/t18-,21-/m1/s1. The Hall–Kier alpha value is -1.74. The largest absolute Gasteiger partial charge is 0.352 e. The lowest BCUT2D eigenvalue weighted by molar-refractivity contribution is -0.121. The van der Waals surface area contributed by atoms with E-state index in [1.54, 1.807) is 11.8 Å². The summed E-state index contributed by atoms with van der Waals surface area (Å²) in [4.78, 5) is 14.0. The van der Waals surface area contributed by atoms with Gasteiger partial charge >= 0.3 is 0 Å². The van der Waals surface area contributed by atoms with Crippen molar-refractivity contribution in [2.45, 2.75) is 56.2 Å². The third-order valence-corrected chi connectivity index (χ3v) is 5.41. The first kappa shape index (κ1) is 19.6. The molecule has 0 aliphatic heterocycles. The molecule has 134 valence electrons. The van der Waals surface area contributed by atoms with Crippen LogP contribution in [0, 0.1) is 5.92 Å². The first-order valence-electron chi connectivity index (χ1n) is 9.13. The molecular weight excluding hydrogens is 326 g/mol. The highest BCUT2D eigenvalue weighted by Gasteiger charge is 2.23. The van der Waals surface area contributed by atoms with E-state index >= 15 is 0 Å². The van der Waals surface area contributed by atoms with Gasteiger partial charge in [0.25, 0.3) is 0 Å². The van der Waals surface area contributed by atoms with Crippen molar-refractivity contribution < 1.29 is 4.79 Å². The zero-order valence-electron chi connectivity index (χ0n) is 15.4. The Morgan fingerprint density at radius 1 is 0.920 bits per heavy atom. The Morgan fingerprint density at radius 2 is 1.52 bits per heavy atom. The number of hydrogen-bond donors (Lipinski definition) is 1. The van der Waals surface area contributed by atoms with Crippen molar-refractivity contribution in [3.8, 4) is 0 Å². The molecule has 3 heteroatoms. The molecule has 0 aliphatic carbocycles. The summed E-state index contributed by atoms with van der Waals surface area (Å²) in [6.45, 7) is 6.59. The molecule has 2 aromatic rings. The molecule has 0 saturated heterocycles. The van der Waals surface area contributed by atoms with E-state index in [1.165, 1.54) is 6.42 Å². The summed E-state index contributed by atoms with van der Waals surface area (Å²) < 4.78 is 0. The van der Waals surface area contributed by atoms with Crippen molar-refractivity contribution in [3.63, 3.8) is 0 Å². The van der Waals surface area contributed by atoms with Crippen LogP contribution in [-0.2, 0) is 4.79 Å². The van der Waals surface area contributed by atoms with E-state index in [2.05, 4.69) is 38.2 Å². The van der Waals surface area contributed by atoms with Crippen LogP contribution in [0.25, 0.3) is 0 Å². The van der Waals surface area contributed by atoms with Gasteiger partial charge in [-0.15, -0.1) is 11.8 Å². The Morgan fingerprint density at radius 3 is 2.12 bits per heavy atom. The van der Waals surface area contributed by atoms with E-state index in [0.29, 0.717) is 5.92 Å². The predicted molar refractivity (Wildman–Crippen MR) is 108 cm³/mol. The Bertz CT molecular complexity index is 627. The van der Waals surface area contributed by atoms with Gasteiger partial charge in [0.2, 0.25) is 5.91 Å². The first-order valence-corrected chi connectivity index (χ1v) is 10.0. The molecule has 0 fully saturated rings. The summed E-state index contributed by atoms with van der Waals surface area (Å²) in [7, 11) is 0. The summed E-state index contributed by atoms with van der Waals surface area (Å²) >= 11 is 1.61. The second-order valence-electron chi connectivity index (χ2n) is 6.96. The van der Waals surface area contributed by atoms with E-state index in [1.807, 2.05) is 48.5 Å². The van der Waals surface area contributed by atoms with Crippen molar-refractivity contribution >= 4 is 17.7 Å². The van der Waals surface area contributed by atoms with Gasteiger partial charge < -0.3 is 5.32 Å². The van der Waals surface area contributed by atoms with E-state index in [-0.39, 0.29) is 17.2 Å². The van der Waals surface area contributed by atoms with Crippen molar-refractivity contribution in [2.75, 3.05) is 0 Å². The van der Waals surface area contributed by atoms with E-state index in [4.69, 9.17) is 0 Å². The molecular formula is C22H29NOS. The second kappa shape index (κ2) is 10.3. The van der Waals surface area contributed by atoms with Crippen LogP contribution in [0.5, 0.6) is 0 Å². The van der Waals surface area contributed by atoms with Gasteiger partial charge in [-0.3, -0.25) is 4.79 Å². The topological polar surface area (TPSA) is 29.1 Å². The fraction of sp³-hybridized carbons (Fsp3) is 0.409. The Labute approximate surface area is 156 Å². The van der Waals surface area contributed by atoms with E-state index < -0.39 is 0 Å². The van der Waals surface area contributed by atoms with Gasteiger partial charge in [-0.25, -0.2) is 0 Å². The van der Waals surface area contributed by atoms with Crippen molar-refractivity contribution in [1.82, 2.24) is 5.32 Å². The molecule has 2 aromatic carbocycles. The third-order valence-electron chi connectivity index (χ3n) is 4.14. The van der Waals surface area contributed by atoms with Crippen LogP contribution < -0.4 is 5.32 Å². The number of carbonyl (C=O) groups excluding carboxylic acids is 1. The van der Waals surface area contributed by atoms with Crippen molar-refractivity contribution in [2.24, 2.45) is 5.92 Å². The summed E-state index contributed by atoms with van der Waals surface area (Å²) in [6, 6.07) is 20.4. The zero-order valence-corrected chi connectivity index (χ0v) is 16.3. The molecule has 0 saturated carbocycles. The summed E-state index contributed by atoms with van der Waals surface area (Å²) in [5.41, 5.74) is 1.04. The molecule has 0 spiro atoms. The molecule has 25 heavy (non-hydrogen) atoms. The molecule has 1 N–H and O–H groups in total. The van der Waals surface area contributed by atoms with Crippen molar-refractivity contribution in [1.29, 1.82) is 0 Å². The summed E-state index contributed by atoms with van der Waals surface area (Å²) in [6.07, 6.45) is 3.39. The first-order chi connectivity index (χ1) is 12.1. The van der Waals surface area contributed by atoms with Gasteiger partial charge in [-0.1, -0.05) is 75.2 Å². The molecule has 1 amide bonds. The smallest absolute Gasteiger partial charge is 0.238 e. The fourth-order valence-corrected chi connectivity index (χ4v) is 3.81. The maximum atomic E-state index is 12.9. The van der Waals surface area contributed by atoms with Crippen LogP contribution >= 0.6 is 11.8 Å². The lowest BCUT2D eigenvalue weighted by Gasteiger charge is -2.21.